The number of halogens is 3. The number of hydrogen-bond donors (Lipinski definition) is 1. The summed E-state index contributed by atoms with van der Waals surface area (Å²) in [6.45, 7) is 5.06. The van der Waals surface area contributed by atoms with Crippen molar-refractivity contribution < 1.29 is 27.8 Å². The van der Waals surface area contributed by atoms with Crippen LogP contribution < -0.4 is 4.90 Å². The Morgan fingerprint density at radius 2 is 1.95 bits per heavy atom. The van der Waals surface area contributed by atoms with Crippen molar-refractivity contribution in [3.63, 3.8) is 0 Å². The summed E-state index contributed by atoms with van der Waals surface area (Å²) < 4.78 is 46.9. The maximum atomic E-state index is 13.1. The van der Waals surface area contributed by atoms with Crippen LogP contribution in [0.25, 0.3) is 11.0 Å². The number of aliphatic hydroxyl groups excluding tert-OH is 1. The number of anilines is 1. The topological polar surface area (TPSA) is 83.7 Å². The van der Waals surface area contributed by atoms with Crippen molar-refractivity contribution in [2.75, 3.05) is 44.3 Å². The van der Waals surface area contributed by atoms with E-state index in [4.69, 9.17) is 4.74 Å². The molecule has 0 spiro atoms. The van der Waals surface area contributed by atoms with E-state index in [0.29, 0.717) is 45.2 Å². The average molecular weight is 518 g/mol. The third-order valence-corrected chi connectivity index (χ3v) is 7.24. The highest BCUT2D eigenvalue weighted by molar-refractivity contribution is 5.88. The van der Waals surface area contributed by atoms with Crippen LogP contribution in [0.5, 0.6) is 0 Å². The Bertz CT molecular complexity index is 1250. The molecule has 2 aliphatic heterocycles. The molecule has 3 unspecified atom stereocenters. The lowest BCUT2D eigenvalue weighted by Gasteiger charge is -2.37. The molecule has 1 aromatic carbocycles. The van der Waals surface area contributed by atoms with Crippen LogP contribution in [0.2, 0.25) is 0 Å². The third-order valence-electron chi connectivity index (χ3n) is 7.24. The van der Waals surface area contributed by atoms with Crippen LogP contribution in [0.15, 0.2) is 42.9 Å². The monoisotopic (exact) mass is 517 g/mol. The number of aromatic nitrogens is 3. The number of hydrogen-bond acceptors (Lipinski definition) is 7. The molecule has 0 amide bonds. The number of alkyl halides is 3. The molecular formula is C26H30F3N5O3. The van der Waals surface area contributed by atoms with E-state index in [1.807, 2.05) is 21.7 Å². The average Bonchev–Trinajstić information content (AvgIpc) is 3.28. The van der Waals surface area contributed by atoms with Crippen molar-refractivity contribution in [3.05, 3.63) is 54.0 Å². The second kappa shape index (κ2) is 10.4. The first kappa shape index (κ1) is 25.6. The van der Waals surface area contributed by atoms with Gasteiger partial charge in [-0.25, -0.2) is 9.97 Å². The molecule has 4 heterocycles. The fourth-order valence-corrected chi connectivity index (χ4v) is 5.36. The number of carbonyl (C=O) groups is 1. The van der Waals surface area contributed by atoms with Gasteiger partial charge in [-0.1, -0.05) is 12.1 Å². The van der Waals surface area contributed by atoms with Gasteiger partial charge in [0.15, 0.2) is 0 Å². The van der Waals surface area contributed by atoms with E-state index in [2.05, 4.69) is 14.9 Å². The second-order valence-corrected chi connectivity index (χ2v) is 9.86. The molecule has 2 fully saturated rings. The van der Waals surface area contributed by atoms with Gasteiger partial charge >= 0.3 is 6.18 Å². The Morgan fingerprint density at radius 1 is 1.16 bits per heavy atom. The number of rotatable bonds is 6. The zero-order valence-electron chi connectivity index (χ0n) is 20.6. The van der Waals surface area contributed by atoms with E-state index in [1.54, 1.807) is 6.92 Å². The molecule has 198 valence electrons. The molecule has 5 rings (SSSR count). The van der Waals surface area contributed by atoms with E-state index >= 15 is 0 Å². The molecule has 0 radical (unpaired) electrons. The summed E-state index contributed by atoms with van der Waals surface area (Å²) in [6, 6.07) is 6.85. The van der Waals surface area contributed by atoms with Crippen LogP contribution in [-0.2, 0) is 22.3 Å². The predicted octanol–water partition coefficient (Wildman–Crippen LogP) is 3.30. The summed E-state index contributed by atoms with van der Waals surface area (Å²) in [5, 5.41) is 11.6. The van der Waals surface area contributed by atoms with Gasteiger partial charge in [0.2, 0.25) is 0 Å². The molecule has 0 saturated carbocycles. The minimum Gasteiger partial charge on any atom is -0.391 e. The zero-order chi connectivity index (χ0) is 26.2. The highest BCUT2D eigenvalue weighted by Crippen LogP contribution is 2.35. The molecule has 11 heteroatoms. The number of ketones is 1. The molecule has 0 bridgehead atoms. The number of likely N-dealkylation sites (tertiary alicyclic amines) is 1. The first-order chi connectivity index (χ1) is 17.7. The van der Waals surface area contributed by atoms with Crippen molar-refractivity contribution in [1.29, 1.82) is 0 Å². The van der Waals surface area contributed by atoms with Gasteiger partial charge in [-0.05, 0) is 43.7 Å². The smallest absolute Gasteiger partial charge is 0.391 e. The highest BCUT2D eigenvalue weighted by Gasteiger charge is 2.33. The van der Waals surface area contributed by atoms with Crippen LogP contribution in [-0.4, -0.2) is 75.8 Å². The van der Waals surface area contributed by atoms with Crippen molar-refractivity contribution in [2.45, 2.75) is 38.2 Å². The Hall–Kier alpha value is -3.02. The Kier molecular flexibility index (Phi) is 7.19. The van der Waals surface area contributed by atoms with Gasteiger partial charge < -0.3 is 19.3 Å². The first-order valence-electron chi connectivity index (χ1n) is 12.4. The van der Waals surface area contributed by atoms with Gasteiger partial charge in [0.1, 0.15) is 23.6 Å². The number of fused-ring (bicyclic) bond motifs is 1. The normalized spacial score (nSPS) is 23.5. The van der Waals surface area contributed by atoms with Gasteiger partial charge in [0.05, 0.1) is 42.9 Å². The van der Waals surface area contributed by atoms with Crippen LogP contribution >= 0.6 is 0 Å². The molecule has 0 aliphatic carbocycles. The van der Waals surface area contributed by atoms with Gasteiger partial charge in [-0.3, -0.25) is 9.69 Å². The summed E-state index contributed by atoms with van der Waals surface area (Å²) in [7, 11) is 0. The first-order valence-corrected chi connectivity index (χ1v) is 12.4. The van der Waals surface area contributed by atoms with E-state index in [0.717, 1.165) is 41.7 Å². The largest absolute Gasteiger partial charge is 0.416 e. The fraction of sp³-hybridized carbons (Fsp3) is 0.500. The highest BCUT2D eigenvalue weighted by atomic mass is 19.4. The number of piperidine rings is 1. The van der Waals surface area contributed by atoms with Crippen molar-refractivity contribution in [2.24, 2.45) is 5.92 Å². The van der Waals surface area contributed by atoms with Gasteiger partial charge in [-0.2, -0.15) is 13.2 Å². The maximum absolute atomic E-state index is 13.1. The molecular weight excluding hydrogens is 487 g/mol. The standard InChI is InChI=1S/C26H30F3N5O3/c1-17(35)12-32-8-6-19(23(36)14-32)13-33-9-7-21-24(33)30-16-31-25(21)34-10-11-37-15-22(34)18-2-4-20(5-3-18)26(27,28)29/h2-5,7,9,16,19,22-23,36H,6,8,10-15H2,1H3. The third kappa shape index (κ3) is 5.48. The van der Waals surface area contributed by atoms with E-state index in [9.17, 15) is 23.1 Å². The quantitative estimate of drug-likeness (QED) is 0.537. The second-order valence-electron chi connectivity index (χ2n) is 9.86. The number of β-amino-alcohol motifs (C(OH)–C–C–N with tert-alkyl or cyclic N) is 1. The maximum Gasteiger partial charge on any atom is 0.416 e. The predicted molar refractivity (Wildman–Crippen MR) is 131 cm³/mol. The summed E-state index contributed by atoms with van der Waals surface area (Å²) in [4.78, 5) is 24.5. The minimum absolute atomic E-state index is 0.0282. The zero-order valence-corrected chi connectivity index (χ0v) is 20.6. The number of morpholine rings is 1. The lowest BCUT2D eigenvalue weighted by molar-refractivity contribution is -0.137. The summed E-state index contributed by atoms with van der Waals surface area (Å²) >= 11 is 0. The summed E-state index contributed by atoms with van der Waals surface area (Å²) in [5.41, 5.74) is 0.774. The lowest BCUT2D eigenvalue weighted by atomic mass is 9.93. The van der Waals surface area contributed by atoms with Crippen LogP contribution in [0.1, 0.15) is 30.5 Å². The van der Waals surface area contributed by atoms with E-state index in [1.165, 1.54) is 18.5 Å². The molecule has 2 saturated heterocycles. The van der Waals surface area contributed by atoms with Gasteiger partial charge in [-0.15, -0.1) is 0 Å². The van der Waals surface area contributed by atoms with E-state index in [-0.39, 0.29) is 17.7 Å². The molecule has 1 N–H and O–H groups in total. The number of ether oxygens (including phenoxy) is 1. The number of carbonyl (C=O) groups excluding carboxylic acids is 1. The van der Waals surface area contributed by atoms with Crippen molar-refractivity contribution >= 4 is 22.6 Å². The van der Waals surface area contributed by atoms with Crippen LogP contribution in [0, 0.1) is 5.92 Å². The molecule has 2 aliphatic rings. The minimum atomic E-state index is -4.39. The summed E-state index contributed by atoms with van der Waals surface area (Å²) in [6.07, 6.45) is -0.730. The number of benzene rings is 1. The SMILES string of the molecule is CC(=O)CN1CCC(Cn2ccc3c(N4CCOCC4c4ccc(C(F)(F)F)cc4)ncnc32)C(O)C1. The lowest BCUT2D eigenvalue weighted by Crippen LogP contribution is -2.46. The number of Topliss-reactive ketones (excluding diaryl/α,β-unsaturated/α-hetero) is 1. The molecule has 2 aromatic heterocycles. The Morgan fingerprint density at radius 3 is 2.65 bits per heavy atom. The molecule has 3 atom stereocenters. The number of nitrogens with zero attached hydrogens (tertiary/aromatic N) is 5. The van der Waals surface area contributed by atoms with Crippen LogP contribution in [0.4, 0.5) is 19.0 Å². The van der Waals surface area contributed by atoms with Crippen LogP contribution in [0.3, 0.4) is 0 Å². The molecule has 3 aromatic rings. The van der Waals surface area contributed by atoms with Crippen molar-refractivity contribution in [3.8, 4) is 0 Å². The molecule has 37 heavy (non-hydrogen) atoms. The molecule has 8 nitrogen and oxygen atoms in total. The number of aliphatic hydroxyl groups is 1. The summed E-state index contributed by atoms with van der Waals surface area (Å²) in [5.74, 6) is 0.818. The van der Waals surface area contributed by atoms with Crippen molar-refractivity contribution in [1.82, 2.24) is 19.4 Å². The Balaban J connectivity index is 1.37. The van der Waals surface area contributed by atoms with E-state index < -0.39 is 17.8 Å². The van der Waals surface area contributed by atoms with Gasteiger partial charge in [0.25, 0.3) is 0 Å². The van der Waals surface area contributed by atoms with Gasteiger partial charge in [0, 0.05) is 31.7 Å². The fourth-order valence-electron chi connectivity index (χ4n) is 5.36. The Labute approximate surface area is 212 Å².